The molecule has 0 aliphatic carbocycles. The summed E-state index contributed by atoms with van der Waals surface area (Å²) in [5.74, 6) is 0.335. The van der Waals surface area contributed by atoms with Crippen LogP contribution in [0.3, 0.4) is 0 Å². The highest BCUT2D eigenvalue weighted by molar-refractivity contribution is 6.07. The summed E-state index contributed by atoms with van der Waals surface area (Å²) in [6.07, 6.45) is 5.52. The van der Waals surface area contributed by atoms with Gasteiger partial charge in [-0.15, -0.1) is 0 Å². The Bertz CT molecular complexity index is 1220. The number of anilines is 1. The van der Waals surface area contributed by atoms with Crippen molar-refractivity contribution in [2.24, 2.45) is 4.99 Å². The number of aromatic hydroxyl groups is 1. The second-order valence-corrected chi connectivity index (χ2v) is 7.18. The Morgan fingerprint density at radius 1 is 1.21 bits per heavy atom. The van der Waals surface area contributed by atoms with Crippen molar-refractivity contribution in [3.63, 3.8) is 0 Å². The fourth-order valence-electron chi connectivity index (χ4n) is 3.67. The Hall–Kier alpha value is -3.61. The summed E-state index contributed by atoms with van der Waals surface area (Å²) < 4.78 is 15.5. The highest BCUT2D eigenvalue weighted by Crippen LogP contribution is 2.34. The lowest BCUT2D eigenvalue weighted by Crippen LogP contribution is -2.36. The Balaban J connectivity index is 1.58. The molecule has 0 spiro atoms. The first-order chi connectivity index (χ1) is 13.5. The number of H-pyrrole nitrogens is 1. The number of phenols is 1. The number of aromatic nitrogens is 3. The molecular formula is C21H18FN5O. The summed E-state index contributed by atoms with van der Waals surface area (Å²) in [5, 5.41) is 14.3. The zero-order valence-corrected chi connectivity index (χ0v) is 15.1. The minimum absolute atomic E-state index is 0.377. The summed E-state index contributed by atoms with van der Waals surface area (Å²) >= 11 is 0. The molecular weight excluding hydrogens is 357 g/mol. The Morgan fingerprint density at radius 2 is 2.11 bits per heavy atom. The number of halogens is 1. The van der Waals surface area contributed by atoms with Crippen molar-refractivity contribution in [3.8, 4) is 5.75 Å². The van der Waals surface area contributed by atoms with Crippen LogP contribution in [0, 0.1) is 5.82 Å². The molecule has 4 aromatic rings. The van der Waals surface area contributed by atoms with E-state index >= 15 is 0 Å². The van der Waals surface area contributed by atoms with Gasteiger partial charge in [0, 0.05) is 35.2 Å². The van der Waals surface area contributed by atoms with E-state index < -0.39 is 11.4 Å². The number of imidazole rings is 1. The van der Waals surface area contributed by atoms with Crippen LogP contribution in [-0.4, -0.2) is 25.5 Å². The van der Waals surface area contributed by atoms with Gasteiger partial charge in [0.05, 0.1) is 6.54 Å². The predicted octanol–water partition coefficient (Wildman–Crippen LogP) is 4.00. The molecule has 0 radical (unpaired) electrons. The molecule has 0 amide bonds. The van der Waals surface area contributed by atoms with Crippen LogP contribution in [0.1, 0.15) is 18.3 Å². The Labute approximate surface area is 160 Å². The minimum Gasteiger partial charge on any atom is -0.505 e. The van der Waals surface area contributed by atoms with E-state index in [1.807, 2.05) is 48.1 Å². The van der Waals surface area contributed by atoms with Gasteiger partial charge >= 0.3 is 0 Å². The van der Waals surface area contributed by atoms with E-state index in [0.717, 1.165) is 28.0 Å². The summed E-state index contributed by atoms with van der Waals surface area (Å²) in [4.78, 5) is 12.5. The van der Waals surface area contributed by atoms with Gasteiger partial charge in [-0.25, -0.2) is 9.37 Å². The highest BCUT2D eigenvalue weighted by Gasteiger charge is 2.34. The van der Waals surface area contributed by atoms with Crippen LogP contribution in [0.5, 0.6) is 5.75 Å². The first kappa shape index (κ1) is 16.6. The molecule has 3 heterocycles. The standard InChI is InChI=1S/C21H18FN5O/c1-21(14-2-4-16(22)18(28)11-14)12-27-9-8-24-20(27)19(26-21)25-15-3-5-17-13(10-15)6-7-23-17/h2-11,23,28H,12H2,1H3,(H,25,26). The van der Waals surface area contributed by atoms with E-state index in [9.17, 15) is 9.50 Å². The molecule has 0 bridgehead atoms. The molecule has 2 aromatic heterocycles. The van der Waals surface area contributed by atoms with Gasteiger partial charge in [0.1, 0.15) is 5.54 Å². The van der Waals surface area contributed by atoms with Gasteiger partial charge in [-0.1, -0.05) is 6.07 Å². The summed E-state index contributed by atoms with van der Waals surface area (Å²) in [6, 6.07) is 12.4. The van der Waals surface area contributed by atoms with Gasteiger partial charge in [0.2, 0.25) is 0 Å². The van der Waals surface area contributed by atoms with Crippen LogP contribution in [0.4, 0.5) is 10.1 Å². The van der Waals surface area contributed by atoms with Crippen molar-refractivity contribution in [3.05, 3.63) is 78.3 Å². The molecule has 0 saturated carbocycles. The molecule has 7 heteroatoms. The SMILES string of the molecule is CC1(c2ccc(F)c(O)c2)Cn2ccnc2C(Nc2ccc3[nH]ccc3c2)=N1. The molecule has 5 rings (SSSR count). The second kappa shape index (κ2) is 5.95. The molecule has 0 saturated heterocycles. The van der Waals surface area contributed by atoms with Crippen molar-refractivity contribution in [1.82, 2.24) is 14.5 Å². The number of fused-ring (bicyclic) bond motifs is 2. The van der Waals surface area contributed by atoms with Crippen LogP contribution >= 0.6 is 0 Å². The number of phenolic OH excluding ortho intramolecular Hbond substituents is 1. The predicted molar refractivity (Wildman–Crippen MR) is 106 cm³/mol. The third-order valence-corrected chi connectivity index (χ3v) is 5.15. The zero-order chi connectivity index (χ0) is 19.3. The lowest BCUT2D eigenvalue weighted by atomic mass is 9.91. The van der Waals surface area contributed by atoms with E-state index in [1.54, 1.807) is 12.3 Å². The topological polar surface area (TPSA) is 78.2 Å². The summed E-state index contributed by atoms with van der Waals surface area (Å²) in [6.45, 7) is 2.50. The molecule has 1 atom stereocenters. The monoisotopic (exact) mass is 375 g/mol. The molecule has 140 valence electrons. The van der Waals surface area contributed by atoms with Gasteiger partial charge in [0.15, 0.2) is 23.2 Å². The zero-order valence-electron chi connectivity index (χ0n) is 15.1. The largest absolute Gasteiger partial charge is 0.505 e. The average molecular weight is 375 g/mol. The van der Waals surface area contributed by atoms with Gasteiger partial charge < -0.3 is 20.0 Å². The van der Waals surface area contributed by atoms with Gasteiger partial charge in [0.25, 0.3) is 0 Å². The highest BCUT2D eigenvalue weighted by atomic mass is 19.1. The van der Waals surface area contributed by atoms with Crippen molar-refractivity contribution in [2.45, 2.75) is 19.0 Å². The molecule has 2 aromatic carbocycles. The third-order valence-electron chi connectivity index (χ3n) is 5.15. The fraction of sp³-hybridized carbons (Fsp3) is 0.143. The maximum absolute atomic E-state index is 13.5. The summed E-state index contributed by atoms with van der Waals surface area (Å²) in [7, 11) is 0. The molecule has 28 heavy (non-hydrogen) atoms. The van der Waals surface area contributed by atoms with Crippen LogP contribution < -0.4 is 5.32 Å². The quantitative estimate of drug-likeness (QED) is 0.496. The number of hydrogen-bond acceptors (Lipinski definition) is 4. The molecule has 1 unspecified atom stereocenters. The number of benzene rings is 2. The molecule has 6 nitrogen and oxygen atoms in total. The number of nitrogens with zero attached hydrogens (tertiary/aromatic N) is 3. The smallest absolute Gasteiger partial charge is 0.175 e. The van der Waals surface area contributed by atoms with Crippen LogP contribution in [0.2, 0.25) is 0 Å². The average Bonchev–Trinajstić information content (AvgIpc) is 3.32. The molecule has 3 N–H and O–H groups in total. The normalized spacial score (nSPS) is 18.7. The molecule has 0 fully saturated rings. The maximum Gasteiger partial charge on any atom is 0.175 e. The number of amidine groups is 1. The summed E-state index contributed by atoms with van der Waals surface area (Å²) in [5.41, 5.74) is 2.00. The lowest BCUT2D eigenvalue weighted by Gasteiger charge is -2.32. The van der Waals surface area contributed by atoms with Gasteiger partial charge in [-0.2, -0.15) is 0 Å². The minimum atomic E-state index is -0.681. The maximum atomic E-state index is 13.5. The van der Waals surface area contributed by atoms with E-state index in [4.69, 9.17) is 4.99 Å². The second-order valence-electron chi connectivity index (χ2n) is 7.18. The third kappa shape index (κ3) is 2.63. The van der Waals surface area contributed by atoms with E-state index in [2.05, 4.69) is 15.3 Å². The van der Waals surface area contributed by atoms with Crippen molar-refractivity contribution in [2.75, 3.05) is 5.32 Å². The van der Waals surface area contributed by atoms with Crippen molar-refractivity contribution >= 4 is 22.4 Å². The fourth-order valence-corrected chi connectivity index (χ4v) is 3.67. The van der Waals surface area contributed by atoms with Crippen LogP contribution in [0.15, 0.2) is 66.0 Å². The van der Waals surface area contributed by atoms with Crippen LogP contribution in [-0.2, 0) is 12.1 Å². The lowest BCUT2D eigenvalue weighted by molar-refractivity contribution is 0.391. The Morgan fingerprint density at radius 3 is 2.96 bits per heavy atom. The Kier molecular flexibility index (Phi) is 3.52. The number of aromatic amines is 1. The van der Waals surface area contributed by atoms with E-state index in [1.165, 1.54) is 12.1 Å². The van der Waals surface area contributed by atoms with E-state index in [0.29, 0.717) is 12.4 Å². The van der Waals surface area contributed by atoms with Crippen LogP contribution in [0.25, 0.3) is 10.9 Å². The number of rotatable bonds is 2. The first-order valence-corrected chi connectivity index (χ1v) is 8.96. The number of nitrogens with one attached hydrogen (secondary N) is 2. The van der Waals surface area contributed by atoms with Gasteiger partial charge in [-0.3, -0.25) is 4.99 Å². The van der Waals surface area contributed by atoms with Crippen molar-refractivity contribution in [1.29, 1.82) is 0 Å². The molecule has 1 aliphatic rings. The van der Waals surface area contributed by atoms with E-state index in [-0.39, 0.29) is 5.75 Å². The molecule has 1 aliphatic heterocycles. The van der Waals surface area contributed by atoms with Crippen molar-refractivity contribution < 1.29 is 9.50 Å². The first-order valence-electron chi connectivity index (χ1n) is 8.96. The number of aliphatic imine (C=N–C) groups is 1. The number of hydrogen-bond donors (Lipinski definition) is 3. The van der Waals surface area contributed by atoms with Gasteiger partial charge in [-0.05, 0) is 48.9 Å².